The summed E-state index contributed by atoms with van der Waals surface area (Å²) in [7, 11) is -7.55. The molecule has 0 radical (unpaired) electrons. The lowest BCUT2D eigenvalue weighted by Gasteiger charge is -2.02. The van der Waals surface area contributed by atoms with E-state index in [0.717, 1.165) is 40.3 Å². The zero-order valence-electron chi connectivity index (χ0n) is 12.7. The molecule has 11 heteroatoms. The maximum Gasteiger partial charge on any atom is 0.290 e. The van der Waals surface area contributed by atoms with Gasteiger partial charge in [-0.05, 0) is 24.3 Å². The molecular formula is C14H11N3O5S3. The van der Waals surface area contributed by atoms with Gasteiger partial charge in [0.25, 0.3) is 15.7 Å². The van der Waals surface area contributed by atoms with Crippen LogP contribution in [-0.4, -0.2) is 28.8 Å². The highest BCUT2D eigenvalue weighted by Crippen LogP contribution is 2.27. The van der Waals surface area contributed by atoms with Crippen molar-refractivity contribution in [2.24, 2.45) is 3.77 Å². The third kappa shape index (κ3) is 3.52. The van der Waals surface area contributed by atoms with Crippen molar-refractivity contribution in [3.05, 3.63) is 58.6 Å². The average molecular weight is 397 g/mol. The number of nitro benzene ring substituents is 1. The van der Waals surface area contributed by atoms with Crippen LogP contribution in [0.3, 0.4) is 0 Å². The Labute approximate surface area is 147 Å². The van der Waals surface area contributed by atoms with Gasteiger partial charge in [-0.2, -0.15) is 8.42 Å². The van der Waals surface area contributed by atoms with Crippen LogP contribution in [0.5, 0.6) is 0 Å². The molecule has 25 heavy (non-hydrogen) atoms. The Morgan fingerprint density at radius 2 is 1.72 bits per heavy atom. The van der Waals surface area contributed by atoms with E-state index in [4.69, 9.17) is 0 Å². The number of hydrogen-bond donors (Lipinski definition) is 0. The number of para-hydroxylation sites is 1. The molecule has 1 atom stereocenters. The normalized spacial score (nSPS) is 14.1. The molecule has 0 fully saturated rings. The smallest absolute Gasteiger partial charge is 0.258 e. The summed E-state index contributed by atoms with van der Waals surface area (Å²) in [6.07, 6.45) is 1.20. The molecule has 0 aliphatic rings. The topological polar surface area (TPSA) is 120 Å². The number of aromatic nitrogens is 1. The third-order valence-electron chi connectivity index (χ3n) is 3.18. The fraction of sp³-hybridized carbons (Fsp3) is 0.0714. The molecule has 0 aliphatic heterocycles. The van der Waals surface area contributed by atoms with Crippen molar-refractivity contribution in [2.45, 2.75) is 9.24 Å². The summed E-state index contributed by atoms with van der Waals surface area (Å²) in [5.74, 6) is 0. The predicted molar refractivity (Wildman–Crippen MR) is 94.7 cm³/mol. The molecule has 1 heterocycles. The first-order valence-electron chi connectivity index (χ1n) is 6.77. The number of nitrogens with zero attached hydrogens (tertiary/aromatic N) is 3. The highest BCUT2D eigenvalue weighted by Gasteiger charge is 2.21. The molecule has 0 amide bonds. The van der Waals surface area contributed by atoms with Gasteiger partial charge in [-0.15, -0.1) is 15.1 Å². The second kappa shape index (κ2) is 6.17. The van der Waals surface area contributed by atoms with Crippen LogP contribution in [0.1, 0.15) is 0 Å². The second-order valence-electron chi connectivity index (χ2n) is 5.05. The van der Waals surface area contributed by atoms with Gasteiger partial charge in [0.2, 0.25) is 0 Å². The van der Waals surface area contributed by atoms with E-state index in [2.05, 4.69) is 8.75 Å². The van der Waals surface area contributed by atoms with Crippen LogP contribution in [0.25, 0.3) is 10.2 Å². The molecule has 130 valence electrons. The first-order chi connectivity index (χ1) is 11.7. The van der Waals surface area contributed by atoms with Gasteiger partial charge >= 0.3 is 0 Å². The van der Waals surface area contributed by atoms with Gasteiger partial charge in [0.05, 0.1) is 20.0 Å². The van der Waals surface area contributed by atoms with Crippen molar-refractivity contribution < 1.29 is 17.6 Å². The number of sulfonamides is 1. The number of non-ortho nitro benzene ring substituents is 1. The monoisotopic (exact) mass is 397 g/mol. The summed E-state index contributed by atoms with van der Waals surface area (Å²) < 4.78 is 42.0. The van der Waals surface area contributed by atoms with Crippen molar-refractivity contribution in [1.29, 1.82) is 0 Å². The van der Waals surface area contributed by atoms with Gasteiger partial charge < -0.3 is 0 Å². The number of nitro groups is 1. The lowest BCUT2D eigenvalue weighted by atomic mass is 10.3. The Morgan fingerprint density at radius 1 is 1.08 bits per heavy atom. The fourth-order valence-corrected chi connectivity index (χ4v) is 6.72. The number of thiazole rings is 1. The molecule has 0 aliphatic carbocycles. The molecule has 1 aromatic heterocycles. The Hall–Kier alpha value is -2.37. The molecule has 0 saturated heterocycles. The molecule has 0 bridgehead atoms. The number of hydrogen-bond acceptors (Lipinski definition) is 7. The van der Waals surface area contributed by atoms with Crippen molar-refractivity contribution in [3.63, 3.8) is 0 Å². The zero-order chi connectivity index (χ0) is 18.2. The van der Waals surface area contributed by atoms with E-state index in [1.54, 1.807) is 24.3 Å². The highest BCUT2D eigenvalue weighted by atomic mass is 32.3. The third-order valence-corrected chi connectivity index (χ3v) is 8.72. The van der Waals surface area contributed by atoms with Crippen LogP contribution in [-0.2, 0) is 19.8 Å². The lowest BCUT2D eigenvalue weighted by Crippen LogP contribution is -2.04. The highest BCUT2D eigenvalue weighted by molar-refractivity contribution is 8.03. The van der Waals surface area contributed by atoms with Gasteiger partial charge in [0.15, 0.2) is 4.34 Å². The van der Waals surface area contributed by atoms with Gasteiger partial charge in [0, 0.05) is 18.4 Å². The van der Waals surface area contributed by atoms with Crippen LogP contribution < -0.4 is 0 Å². The van der Waals surface area contributed by atoms with E-state index in [9.17, 15) is 22.7 Å². The van der Waals surface area contributed by atoms with Crippen LogP contribution in [0.2, 0.25) is 0 Å². The summed E-state index contributed by atoms with van der Waals surface area (Å²) in [5, 5.41) is 10.6. The average Bonchev–Trinajstić information content (AvgIpc) is 2.99. The molecule has 0 N–H and O–H groups in total. The van der Waals surface area contributed by atoms with Crippen molar-refractivity contribution in [1.82, 2.24) is 4.98 Å². The second-order valence-corrected chi connectivity index (χ2v) is 10.3. The van der Waals surface area contributed by atoms with Crippen LogP contribution in [0, 0.1) is 10.1 Å². The number of rotatable bonds is 4. The first kappa shape index (κ1) is 17.5. The summed E-state index contributed by atoms with van der Waals surface area (Å²) in [5.41, 5.74) is 0.363. The van der Waals surface area contributed by atoms with Crippen molar-refractivity contribution in [2.75, 3.05) is 6.26 Å². The largest absolute Gasteiger partial charge is 0.290 e. The van der Waals surface area contributed by atoms with Gasteiger partial charge in [-0.25, -0.2) is 9.19 Å². The van der Waals surface area contributed by atoms with E-state index in [1.807, 2.05) is 0 Å². The van der Waals surface area contributed by atoms with Gasteiger partial charge in [-0.3, -0.25) is 10.1 Å². The Kier molecular flexibility index (Phi) is 4.31. The number of benzene rings is 2. The Bertz CT molecular complexity index is 1160. The molecule has 0 saturated carbocycles. The molecule has 3 aromatic rings. The number of fused-ring (bicyclic) bond motifs is 1. The summed E-state index contributed by atoms with van der Waals surface area (Å²) in [6, 6.07) is 11.3. The lowest BCUT2D eigenvalue weighted by molar-refractivity contribution is -0.384. The zero-order valence-corrected chi connectivity index (χ0v) is 15.2. The maximum atomic E-state index is 12.8. The minimum Gasteiger partial charge on any atom is -0.258 e. The van der Waals surface area contributed by atoms with Gasteiger partial charge in [-0.1, -0.05) is 12.1 Å². The predicted octanol–water partition coefficient (Wildman–Crippen LogP) is 3.05. The van der Waals surface area contributed by atoms with Crippen LogP contribution in [0.15, 0.2) is 61.5 Å². The molecule has 3 rings (SSSR count). The summed E-state index contributed by atoms with van der Waals surface area (Å²) in [6.45, 7) is 0. The van der Waals surface area contributed by atoms with Crippen molar-refractivity contribution in [3.8, 4) is 0 Å². The quantitative estimate of drug-likeness (QED) is 0.493. The molecular weight excluding hydrogens is 386 g/mol. The maximum absolute atomic E-state index is 12.8. The summed E-state index contributed by atoms with van der Waals surface area (Å²) >= 11 is 1.11. The summed E-state index contributed by atoms with van der Waals surface area (Å²) in [4.78, 5) is 13.9. The SMILES string of the molecule is CS(=O)(=NS(=O)(=O)c1ccc([N+](=O)[O-])cc1)c1nc2ccccc2s1. The van der Waals surface area contributed by atoms with E-state index in [1.165, 1.54) is 6.26 Å². The minimum atomic E-state index is -4.25. The van der Waals surface area contributed by atoms with Gasteiger partial charge in [0.1, 0.15) is 9.73 Å². The first-order valence-corrected chi connectivity index (χ1v) is 11.0. The standard InChI is InChI=1S/C14H11N3O5S3/c1-24(20,14-15-12-4-2-3-5-13(12)23-14)16-25(21,22)11-8-6-10(7-9-11)17(18)19/h2-9H,1H3. The Morgan fingerprint density at radius 3 is 2.32 bits per heavy atom. The fourth-order valence-electron chi connectivity index (χ4n) is 2.02. The molecule has 2 aromatic carbocycles. The van der Waals surface area contributed by atoms with E-state index < -0.39 is 24.7 Å². The molecule has 8 nitrogen and oxygen atoms in total. The van der Waals surface area contributed by atoms with Crippen LogP contribution in [0.4, 0.5) is 5.69 Å². The van der Waals surface area contributed by atoms with E-state index in [-0.39, 0.29) is 14.9 Å². The van der Waals surface area contributed by atoms with Crippen molar-refractivity contribution >= 4 is 47.0 Å². The molecule has 1 unspecified atom stereocenters. The van der Waals surface area contributed by atoms with E-state index >= 15 is 0 Å². The Balaban J connectivity index is 2.07. The van der Waals surface area contributed by atoms with Crippen LogP contribution >= 0.6 is 11.3 Å². The molecule has 0 spiro atoms. The van der Waals surface area contributed by atoms with E-state index in [0.29, 0.717) is 5.52 Å². The minimum absolute atomic E-state index is 0.110.